The minimum absolute atomic E-state index is 0.213. The maximum Gasteiger partial charge on any atom is 0.219 e. The fourth-order valence-electron chi connectivity index (χ4n) is 1.50. The van der Waals surface area contributed by atoms with Gasteiger partial charge in [-0.2, -0.15) is 0 Å². The molecule has 1 amide bonds. The van der Waals surface area contributed by atoms with Crippen LogP contribution in [0.5, 0.6) is 5.75 Å². The molecule has 0 aliphatic rings. The van der Waals surface area contributed by atoms with Crippen molar-refractivity contribution in [2.24, 2.45) is 5.73 Å². The zero-order valence-electron chi connectivity index (χ0n) is 9.96. The lowest BCUT2D eigenvalue weighted by Crippen LogP contribution is -2.42. The van der Waals surface area contributed by atoms with Crippen molar-refractivity contribution in [3.8, 4) is 5.75 Å². The molecule has 0 saturated heterocycles. The third-order valence-electron chi connectivity index (χ3n) is 2.40. The molecule has 94 valence electrons. The zero-order chi connectivity index (χ0) is 13.1. The molecule has 0 unspecified atom stereocenters. The number of carbonyl (C=O) groups is 1. The summed E-state index contributed by atoms with van der Waals surface area (Å²) in [5.74, 6) is -0.112. The average molecular weight is 301 g/mol. The molecule has 0 fully saturated rings. The van der Waals surface area contributed by atoms with E-state index in [2.05, 4.69) is 21.2 Å². The molecule has 4 N–H and O–H groups in total. The molecule has 0 aromatic heterocycles. The van der Waals surface area contributed by atoms with Crippen molar-refractivity contribution in [2.45, 2.75) is 32.4 Å². The molecular formula is C12H17BrN2O2. The Balaban J connectivity index is 2.60. The number of primary amides is 1. The van der Waals surface area contributed by atoms with E-state index >= 15 is 0 Å². The molecule has 4 nitrogen and oxygen atoms in total. The van der Waals surface area contributed by atoms with Gasteiger partial charge in [-0.3, -0.25) is 4.79 Å². The highest BCUT2D eigenvalue weighted by Crippen LogP contribution is 2.24. The SMILES string of the molecule is CC(C)(CC(N)=O)NCc1ccc(O)c(Br)c1. The molecule has 0 bridgehead atoms. The smallest absolute Gasteiger partial charge is 0.219 e. The van der Waals surface area contributed by atoms with Gasteiger partial charge in [0.25, 0.3) is 0 Å². The summed E-state index contributed by atoms with van der Waals surface area (Å²) in [6.45, 7) is 4.46. The standard InChI is InChI=1S/C12H17BrN2O2/c1-12(2,6-11(14)17)15-7-8-3-4-10(16)9(13)5-8/h3-5,15-16H,6-7H2,1-2H3,(H2,14,17). The number of nitrogens with one attached hydrogen (secondary N) is 1. The molecule has 5 heteroatoms. The topological polar surface area (TPSA) is 75.4 Å². The van der Waals surface area contributed by atoms with Crippen molar-refractivity contribution in [3.63, 3.8) is 0 Å². The first-order valence-corrected chi connectivity index (χ1v) is 6.10. The Morgan fingerprint density at radius 3 is 2.71 bits per heavy atom. The van der Waals surface area contributed by atoms with E-state index in [1.54, 1.807) is 6.07 Å². The maximum absolute atomic E-state index is 10.9. The van der Waals surface area contributed by atoms with E-state index in [1.807, 2.05) is 26.0 Å². The van der Waals surface area contributed by atoms with Gasteiger partial charge in [0.05, 0.1) is 4.47 Å². The molecular weight excluding hydrogens is 284 g/mol. The van der Waals surface area contributed by atoms with Crippen molar-refractivity contribution < 1.29 is 9.90 Å². The number of amides is 1. The van der Waals surface area contributed by atoms with Crippen LogP contribution in [0.4, 0.5) is 0 Å². The van der Waals surface area contributed by atoms with E-state index in [9.17, 15) is 9.90 Å². The molecule has 0 atom stereocenters. The van der Waals surface area contributed by atoms with Crippen molar-refractivity contribution in [3.05, 3.63) is 28.2 Å². The van der Waals surface area contributed by atoms with Crippen LogP contribution in [0.2, 0.25) is 0 Å². The lowest BCUT2D eigenvalue weighted by atomic mass is 10.00. The van der Waals surface area contributed by atoms with Crippen LogP contribution in [0.1, 0.15) is 25.8 Å². The molecule has 0 aliphatic heterocycles. The van der Waals surface area contributed by atoms with E-state index < -0.39 is 0 Å². The Labute approximate surface area is 109 Å². The number of aromatic hydroxyl groups is 1. The quantitative estimate of drug-likeness (QED) is 0.777. The number of halogens is 1. The molecule has 1 aromatic carbocycles. The third-order valence-corrected chi connectivity index (χ3v) is 3.03. The van der Waals surface area contributed by atoms with Crippen LogP contribution in [-0.4, -0.2) is 16.6 Å². The van der Waals surface area contributed by atoms with E-state index in [-0.39, 0.29) is 23.6 Å². The maximum atomic E-state index is 10.9. The van der Waals surface area contributed by atoms with Gasteiger partial charge in [-0.25, -0.2) is 0 Å². The second-order valence-electron chi connectivity index (χ2n) is 4.67. The number of carbonyl (C=O) groups excluding carboxylic acids is 1. The number of phenols is 1. The monoisotopic (exact) mass is 300 g/mol. The van der Waals surface area contributed by atoms with Crippen molar-refractivity contribution in [1.82, 2.24) is 5.32 Å². The van der Waals surface area contributed by atoms with Crippen LogP contribution < -0.4 is 11.1 Å². The Morgan fingerprint density at radius 2 is 2.18 bits per heavy atom. The predicted octanol–water partition coefficient (Wildman–Crippen LogP) is 1.90. The molecule has 0 aliphatic carbocycles. The number of benzene rings is 1. The minimum Gasteiger partial charge on any atom is -0.507 e. The Bertz CT molecular complexity index is 419. The molecule has 1 rings (SSSR count). The molecule has 1 aromatic rings. The highest BCUT2D eigenvalue weighted by atomic mass is 79.9. The number of hydrogen-bond donors (Lipinski definition) is 3. The van der Waals surface area contributed by atoms with Crippen molar-refractivity contribution in [1.29, 1.82) is 0 Å². The number of nitrogens with two attached hydrogens (primary N) is 1. The van der Waals surface area contributed by atoms with Gasteiger partial charge < -0.3 is 16.2 Å². The summed E-state index contributed by atoms with van der Waals surface area (Å²) in [7, 11) is 0. The first kappa shape index (κ1) is 14.0. The molecule has 17 heavy (non-hydrogen) atoms. The predicted molar refractivity (Wildman–Crippen MR) is 70.5 cm³/mol. The third kappa shape index (κ3) is 4.75. The summed E-state index contributed by atoms with van der Waals surface area (Å²) in [6, 6.07) is 5.29. The van der Waals surface area contributed by atoms with E-state index in [0.717, 1.165) is 5.56 Å². The summed E-state index contributed by atoms with van der Waals surface area (Å²) in [4.78, 5) is 10.9. The second kappa shape index (κ2) is 5.51. The highest BCUT2D eigenvalue weighted by Gasteiger charge is 2.19. The first-order chi connectivity index (χ1) is 7.80. The zero-order valence-corrected chi connectivity index (χ0v) is 11.5. The van der Waals surface area contributed by atoms with Crippen LogP contribution in [-0.2, 0) is 11.3 Å². The van der Waals surface area contributed by atoms with Gasteiger partial charge in [0.1, 0.15) is 5.75 Å². The van der Waals surface area contributed by atoms with Crippen LogP contribution in [0, 0.1) is 0 Å². The Morgan fingerprint density at radius 1 is 1.53 bits per heavy atom. The van der Waals surface area contributed by atoms with E-state index in [1.165, 1.54) is 0 Å². The van der Waals surface area contributed by atoms with Crippen LogP contribution in [0.3, 0.4) is 0 Å². The van der Waals surface area contributed by atoms with Crippen LogP contribution in [0.25, 0.3) is 0 Å². The normalized spacial score (nSPS) is 11.5. The summed E-state index contributed by atoms with van der Waals surface area (Å²) in [6.07, 6.45) is 0.284. The van der Waals surface area contributed by atoms with Gasteiger partial charge in [0.15, 0.2) is 0 Å². The molecule has 0 heterocycles. The van der Waals surface area contributed by atoms with Gasteiger partial charge in [-0.15, -0.1) is 0 Å². The van der Waals surface area contributed by atoms with Gasteiger partial charge in [0, 0.05) is 18.5 Å². The second-order valence-corrected chi connectivity index (χ2v) is 5.52. The van der Waals surface area contributed by atoms with Crippen LogP contribution >= 0.6 is 15.9 Å². The number of rotatable bonds is 5. The first-order valence-electron chi connectivity index (χ1n) is 5.31. The lowest BCUT2D eigenvalue weighted by molar-refractivity contribution is -0.119. The fourth-order valence-corrected chi connectivity index (χ4v) is 1.93. The van der Waals surface area contributed by atoms with Gasteiger partial charge >= 0.3 is 0 Å². The van der Waals surface area contributed by atoms with Crippen molar-refractivity contribution >= 4 is 21.8 Å². The van der Waals surface area contributed by atoms with Crippen LogP contribution in [0.15, 0.2) is 22.7 Å². The molecule has 0 spiro atoms. The Hall–Kier alpha value is -1.07. The summed E-state index contributed by atoms with van der Waals surface area (Å²) >= 11 is 3.25. The molecule has 0 saturated carbocycles. The van der Waals surface area contributed by atoms with E-state index in [0.29, 0.717) is 11.0 Å². The van der Waals surface area contributed by atoms with Gasteiger partial charge in [-0.1, -0.05) is 6.07 Å². The largest absolute Gasteiger partial charge is 0.507 e. The van der Waals surface area contributed by atoms with Gasteiger partial charge in [-0.05, 0) is 47.5 Å². The molecule has 0 radical (unpaired) electrons. The number of hydrogen-bond acceptors (Lipinski definition) is 3. The average Bonchev–Trinajstić information content (AvgIpc) is 2.18. The Kier molecular flexibility index (Phi) is 4.54. The number of phenolic OH excluding ortho intramolecular Hbond substituents is 1. The summed E-state index contributed by atoms with van der Waals surface area (Å²) in [5, 5.41) is 12.6. The lowest BCUT2D eigenvalue weighted by Gasteiger charge is -2.25. The van der Waals surface area contributed by atoms with E-state index in [4.69, 9.17) is 5.73 Å². The fraction of sp³-hybridized carbons (Fsp3) is 0.417. The highest BCUT2D eigenvalue weighted by molar-refractivity contribution is 9.10. The van der Waals surface area contributed by atoms with Crippen molar-refractivity contribution in [2.75, 3.05) is 0 Å². The minimum atomic E-state index is -0.337. The summed E-state index contributed by atoms with van der Waals surface area (Å²) < 4.78 is 0.657. The summed E-state index contributed by atoms with van der Waals surface area (Å²) in [5.41, 5.74) is 5.86. The van der Waals surface area contributed by atoms with Gasteiger partial charge in [0.2, 0.25) is 5.91 Å².